The average molecular weight is 451 g/mol. The number of anilines is 1. The highest BCUT2D eigenvalue weighted by molar-refractivity contribution is 7.99. The van der Waals surface area contributed by atoms with Gasteiger partial charge in [-0.15, -0.1) is 10.2 Å². The molecule has 4 aromatic heterocycles. The minimum atomic E-state index is -0.135. The van der Waals surface area contributed by atoms with Gasteiger partial charge in [-0.25, -0.2) is 9.50 Å². The van der Waals surface area contributed by atoms with Crippen LogP contribution in [0.25, 0.3) is 11.3 Å². The number of aromatic nitrogens is 6. The molecule has 1 aliphatic rings. The summed E-state index contributed by atoms with van der Waals surface area (Å²) in [5.74, 6) is 0.838. The number of nitrogens with one attached hydrogen (secondary N) is 2. The number of amides is 2. The number of carbonyl (C=O) groups is 2. The molecule has 32 heavy (non-hydrogen) atoms. The number of nitrogens with zero attached hydrogens (tertiary/aromatic N) is 6. The first-order chi connectivity index (χ1) is 15.5. The third-order valence-corrected chi connectivity index (χ3v) is 5.88. The molecule has 164 valence electrons. The molecule has 2 amide bonds. The maximum Gasteiger partial charge on any atom is 0.252 e. The van der Waals surface area contributed by atoms with Crippen LogP contribution in [0.2, 0.25) is 0 Å². The highest BCUT2D eigenvalue weighted by Crippen LogP contribution is 2.30. The second-order valence-corrected chi connectivity index (χ2v) is 9.19. The average Bonchev–Trinajstić information content (AvgIpc) is 3.45. The van der Waals surface area contributed by atoms with Gasteiger partial charge in [-0.05, 0) is 54.8 Å². The van der Waals surface area contributed by atoms with E-state index in [1.807, 2.05) is 26.0 Å². The van der Waals surface area contributed by atoms with Crippen LogP contribution in [0, 0.1) is 11.8 Å². The first-order valence-electron chi connectivity index (χ1n) is 10.4. The fourth-order valence-electron chi connectivity index (χ4n) is 3.12. The Kier molecular flexibility index (Phi) is 5.25. The Morgan fingerprint density at radius 1 is 1.12 bits per heavy atom. The monoisotopic (exact) mass is 450 g/mol. The summed E-state index contributed by atoms with van der Waals surface area (Å²) >= 11 is 1.33. The second-order valence-electron chi connectivity index (χ2n) is 8.20. The van der Waals surface area contributed by atoms with Gasteiger partial charge in [0.2, 0.25) is 11.1 Å². The Labute approximate surface area is 187 Å². The van der Waals surface area contributed by atoms with E-state index >= 15 is 0 Å². The summed E-state index contributed by atoms with van der Waals surface area (Å²) < 4.78 is 3.40. The molecule has 0 radical (unpaired) electrons. The van der Waals surface area contributed by atoms with Gasteiger partial charge in [0.1, 0.15) is 5.03 Å². The summed E-state index contributed by atoms with van der Waals surface area (Å²) in [4.78, 5) is 28.8. The van der Waals surface area contributed by atoms with E-state index in [1.54, 1.807) is 33.4 Å². The van der Waals surface area contributed by atoms with E-state index in [0.717, 1.165) is 12.8 Å². The van der Waals surface area contributed by atoms with Gasteiger partial charge in [0.15, 0.2) is 17.1 Å². The Morgan fingerprint density at radius 3 is 2.72 bits per heavy atom. The van der Waals surface area contributed by atoms with Gasteiger partial charge in [-0.1, -0.05) is 13.8 Å². The van der Waals surface area contributed by atoms with Crippen LogP contribution in [0.5, 0.6) is 0 Å². The summed E-state index contributed by atoms with van der Waals surface area (Å²) in [6, 6.07) is 7.17. The molecule has 0 bridgehead atoms. The fourth-order valence-corrected chi connectivity index (χ4v) is 3.90. The molecule has 0 spiro atoms. The summed E-state index contributed by atoms with van der Waals surface area (Å²) in [7, 11) is 0. The van der Waals surface area contributed by atoms with Crippen molar-refractivity contribution in [2.75, 3.05) is 11.9 Å². The van der Waals surface area contributed by atoms with Crippen LogP contribution < -0.4 is 10.6 Å². The Bertz CT molecular complexity index is 1320. The zero-order valence-corrected chi connectivity index (χ0v) is 18.5. The van der Waals surface area contributed by atoms with Crippen molar-refractivity contribution in [3.05, 3.63) is 42.2 Å². The van der Waals surface area contributed by atoms with Crippen molar-refractivity contribution in [2.24, 2.45) is 11.8 Å². The van der Waals surface area contributed by atoms with Crippen molar-refractivity contribution in [1.82, 2.24) is 34.5 Å². The van der Waals surface area contributed by atoms with Gasteiger partial charge in [-0.2, -0.15) is 5.10 Å². The van der Waals surface area contributed by atoms with Crippen molar-refractivity contribution >= 4 is 40.7 Å². The molecule has 2 N–H and O–H groups in total. The van der Waals surface area contributed by atoms with Crippen LogP contribution in [-0.2, 0) is 4.79 Å². The second kappa shape index (κ2) is 8.23. The van der Waals surface area contributed by atoms with Crippen LogP contribution in [0.15, 0.2) is 46.8 Å². The van der Waals surface area contributed by atoms with Gasteiger partial charge in [0, 0.05) is 18.7 Å². The van der Waals surface area contributed by atoms with E-state index in [0.29, 0.717) is 45.3 Å². The van der Waals surface area contributed by atoms with E-state index in [9.17, 15) is 9.59 Å². The number of imidazole rings is 1. The molecule has 0 saturated heterocycles. The van der Waals surface area contributed by atoms with Crippen molar-refractivity contribution in [3.8, 4) is 0 Å². The Hall–Kier alpha value is -3.47. The normalized spacial score (nSPS) is 13.7. The molecule has 10 nitrogen and oxygen atoms in total. The van der Waals surface area contributed by atoms with Crippen molar-refractivity contribution in [2.45, 2.75) is 36.9 Å². The minimum Gasteiger partial charge on any atom is -0.352 e. The number of hydrogen-bond acceptors (Lipinski definition) is 7. The van der Waals surface area contributed by atoms with Crippen LogP contribution in [0.4, 0.5) is 5.82 Å². The molecule has 0 aliphatic heterocycles. The molecule has 0 unspecified atom stereocenters. The maximum atomic E-state index is 12.4. The molecule has 1 saturated carbocycles. The number of carbonyl (C=O) groups excluding carboxylic acids is 2. The lowest BCUT2D eigenvalue weighted by molar-refractivity contribution is -0.117. The topological polar surface area (TPSA) is 119 Å². The molecule has 5 rings (SSSR count). The number of pyridine rings is 1. The predicted molar refractivity (Wildman–Crippen MR) is 119 cm³/mol. The van der Waals surface area contributed by atoms with Crippen LogP contribution in [0.3, 0.4) is 0 Å². The summed E-state index contributed by atoms with van der Waals surface area (Å²) in [5, 5.41) is 20.0. The number of rotatable bonds is 7. The smallest absolute Gasteiger partial charge is 0.252 e. The van der Waals surface area contributed by atoms with E-state index in [1.165, 1.54) is 11.8 Å². The largest absolute Gasteiger partial charge is 0.352 e. The fraction of sp³-hybridized carbons (Fsp3) is 0.333. The Balaban J connectivity index is 1.36. The van der Waals surface area contributed by atoms with E-state index in [2.05, 4.69) is 30.9 Å². The van der Waals surface area contributed by atoms with Gasteiger partial charge in [0.05, 0.1) is 11.8 Å². The third kappa shape index (κ3) is 4.28. The van der Waals surface area contributed by atoms with Crippen LogP contribution in [-0.4, -0.2) is 47.6 Å². The summed E-state index contributed by atoms with van der Waals surface area (Å²) in [6.07, 6.45) is 5.30. The number of fused-ring (bicyclic) bond motifs is 2. The molecule has 1 aliphatic carbocycles. The molecule has 1 fully saturated rings. The summed E-state index contributed by atoms with van der Waals surface area (Å²) in [6.45, 7) is 4.71. The zero-order valence-electron chi connectivity index (χ0n) is 17.6. The first-order valence-corrected chi connectivity index (χ1v) is 11.3. The number of hydrogen-bond donors (Lipinski definition) is 2. The molecule has 11 heteroatoms. The highest BCUT2D eigenvalue weighted by atomic mass is 32.2. The molecule has 0 atom stereocenters. The van der Waals surface area contributed by atoms with Gasteiger partial charge in [0.25, 0.3) is 5.91 Å². The maximum absolute atomic E-state index is 12.4. The molecule has 0 aromatic carbocycles. The van der Waals surface area contributed by atoms with Crippen molar-refractivity contribution in [1.29, 1.82) is 0 Å². The van der Waals surface area contributed by atoms with Crippen LogP contribution in [0.1, 0.15) is 37.0 Å². The lowest BCUT2D eigenvalue weighted by atomic mass is 10.2. The minimum absolute atomic E-state index is 0.00571. The predicted octanol–water partition coefficient (Wildman–Crippen LogP) is 2.66. The van der Waals surface area contributed by atoms with E-state index in [4.69, 9.17) is 0 Å². The SMILES string of the molecule is CC(C)CNC(=O)c1ccc2nnc(Sc3ccc4nc(NC(=O)C5CC5)cn4n3)n2c1. The molecular formula is C21H22N8O2S. The molecular weight excluding hydrogens is 428 g/mol. The summed E-state index contributed by atoms with van der Waals surface area (Å²) in [5.41, 5.74) is 1.81. The molecule has 4 aromatic rings. The standard InChI is InChI=1S/C21H22N8O2S/c1-12(2)9-22-19(30)14-5-6-17-25-26-21(28(17)10-14)32-18-8-7-16-23-15(11-29(16)27-18)24-20(31)13-3-4-13/h5-8,10-13H,3-4,9H2,1-2H3,(H,22,30)(H,24,31). The van der Waals surface area contributed by atoms with Gasteiger partial charge >= 0.3 is 0 Å². The van der Waals surface area contributed by atoms with Crippen molar-refractivity contribution in [3.63, 3.8) is 0 Å². The van der Waals surface area contributed by atoms with Crippen molar-refractivity contribution < 1.29 is 9.59 Å². The van der Waals surface area contributed by atoms with Gasteiger partial charge < -0.3 is 10.6 Å². The van der Waals surface area contributed by atoms with E-state index in [-0.39, 0.29) is 17.7 Å². The lowest BCUT2D eigenvalue weighted by Gasteiger charge is -2.08. The Morgan fingerprint density at radius 2 is 1.94 bits per heavy atom. The molecule has 4 heterocycles. The first kappa shape index (κ1) is 20.4. The van der Waals surface area contributed by atoms with E-state index < -0.39 is 0 Å². The van der Waals surface area contributed by atoms with Gasteiger partial charge in [-0.3, -0.25) is 14.0 Å². The lowest BCUT2D eigenvalue weighted by Crippen LogP contribution is -2.27. The zero-order chi connectivity index (χ0) is 22.2. The quantitative estimate of drug-likeness (QED) is 0.444. The third-order valence-electron chi connectivity index (χ3n) is 4.99. The van der Waals surface area contributed by atoms with Crippen LogP contribution >= 0.6 is 11.8 Å². The highest BCUT2D eigenvalue weighted by Gasteiger charge is 2.30.